The van der Waals surface area contributed by atoms with Crippen molar-refractivity contribution in [2.45, 2.75) is 26.2 Å². The highest BCUT2D eigenvalue weighted by atomic mass is 19.1. The van der Waals surface area contributed by atoms with Crippen molar-refractivity contribution < 1.29 is 18.8 Å². The topological polar surface area (TPSA) is 73.0 Å². The summed E-state index contributed by atoms with van der Waals surface area (Å²) in [5.74, 6) is -0.478. The standard InChI is InChI=1S/C27H33FN4O3/c1-2-20-5-3-4-6-24(20)29-25(33)19-30-15-17-32(18-16-30)27(35)22-11-13-31(14-12-22)26(34)21-7-9-23(28)10-8-21/h3-10,22H,2,11-19H2,1H3,(H,29,33). The molecule has 3 amide bonds. The van der Waals surface area contributed by atoms with E-state index in [4.69, 9.17) is 0 Å². The van der Waals surface area contributed by atoms with E-state index >= 15 is 0 Å². The molecule has 2 fully saturated rings. The van der Waals surface area contributed by atoms with Crippen LogP contribution in [-0.4, -0.2) is 78.2 Å². The molecule has 2 heterocycles. The molecule has 0 saturated carbocycles. The van der Waals surface area contributed by atoms with E-state index in [1.165, 1.54) is 24.3 Å². The van der Waals surface area contributed by atoms with E-state index in [1.807, 2.05) is 29.2 Å². The molecule has 0 aromatic heterocycles. The summed E-state index contributed by atoms with van der Waals surface area (Å²) in [7, 11) is 0. The van der Waals surface area contributed by atoms with Crippen LogP contribution in [0.5, 0.6) is 0 Å². The van der Waals surface area contributed by atoms with Gasteiger partial charge in [-0.25, -0.2) is 4.39 Å². The van der Waals surface area contributed by atoms with E-state index < -0.39 is 0 Å². The number of likely N-dealkylation sites (tertiary alicyclic amines) is 1. The average Bonchev–Trinajstić information content (AvgIpc) is 2.89. The second-order valence-electron chi connectivity index (χ2n) is 9.23. The second kappa shape index (κ2) is 11.4. The van der Waals surface area contributed by atoms with Crippen LogP contribution >= 0.6 is 0 Å². The molecule has 35 heavy (non-hydrogen) atoms. The molecular weight excluding hydrogens is 447 g/mol. The number of anilines is 1. The second-order valence-corrected chi connectivity index (χ2v) is 9.23. The van der Waals surface area contributed by atoms with Gasteiger partial charge in [0.25, 0.3) is 5.91 Å². The number of piperazine rings is 1. The zero-order valence-electron chi connectivity index (χ0n) is 20.2. The molecule has 0 unspecified atom stereocenters. The van der Waals surface area contributed by atoms with Gasteiger partial charge < -0.3 is 15.1 Å². The van der Waals surface area contributed by atoms with E-state index in [1.54, 1.807) is 4.90 Å². The Balaban J connectivity index is 1.20. The van der Waals surface area contributed by atoms with Crippen LogP contribution in [0.4, 0.5) is 10.1 Å². The van der Waals surface area contributed by atoms with Gasteiger partial charge in [-0.3, -0.25) is 19.3 Å². The van der Waals surface area contributed by atoms with Crippen LogP contribution in [0.1, 0.15) is 35.7 Å². The highest BCUT2D eigenvalue weighted by Gasteiger charge is 2.32. The molecular formula is C27H33FN4O3. The number of hydrogen-bond acceptors (Lipinski definition) is 4. The SMILES string of the molecule is CCc1ccccc1NC(=O)CN1CCN(C(=O)C2CCN(C(=O)c3ccc(F)cc3)CC2)CC1. The van der Waals surface area contributed by atoms with E-state index in [0.717, 1.165) is 17.7 Å². The number of piperidine rings is 1. The van der Waals surface area contributed by atoms with Gasteiger partial charge in [0, 0.05) is 56.4 Å². The van der Waals surface area contributed by atoms with Crippen LogP contribution in [-0.2, 0) is 16.0 Å². The first-order valence-corrected chi connectivity index (χ1v) is 12.4. The molecule has 0 spiro atoms. The normalized spacial score (nSPS) is 17.3. The summed E-state index contributed by atoms with van der Waals surface area (Å²) in [6.07, 6.45) is 2.12. The Morgan fingerprint density at radius 3 is 2.20 bits per heavy atom. The van der Waals surface area contributed by atoms with Crippen LogP contribution in [0.15, 0.2) is 48.5 Å². The maximum Gasteiger partial charge on any atom is 0.253 e. The van der Waals surface area contributed by atoms with Crippen molar-refractivity contribution in [3.63, 3.8) is 0 Å². The molecule has 0 aliphatic carbocycles. The molecule has 2 aromatic rings. The minimum Gasteiger partial charge on any atom is -0.340 e. The fourth-order valence-electron chi connectivity index (χ4n) is 4.83. The summed E-state index contributed by atoms with van der Waals surface area (Å²) in [6.45, 7) is 5.95. The zero-order chi connectivity index (χ0) is 24.8. The van der Waals surface area contributed by atoms with Crippen LogP contribution in [0.3, 0.4) is 0 Å². The maximum atomic E-state index is 13.1. The lowest BCUT2D eigenvalue weighted by atomic mass is 9.94. The lowest BCUT2D eigenvalue weighted by molar-refractivity contribution is -0.138. The minimum atomic E-state index is -0.367. The van der Waals surface area contributed by atoms with Gasteiger partial charge >= 0.3 is 0 Å². The first-order chi connectivity index (χ1) is 16.9. The van der Waals surface area contributed by atoms with Crippen molar-refractivity contribution in [3.05, 3.63) is 65.5 Å². The highest BCUT2D eigenvalue weighted by molar-refractivity contribution is 5.94. The number of aryl methyl sites for hydroxylation is 1. The number of nitrogens with one attached hydrogen (secondary N) is 1. The molecule has 0 bridgehead atoms. The zero-order valence-corrected chi connectivity index (χ0v) is 20.2. The summed E-state index contributed by atoms with van der Waals surface area (Å²) in [4.78, 5) is 43.9. The molecule has 8 heteroatoms. The van der Waals surface area contributed by atoms with Crippen LogP contribution in [0.2, 0.25) is 0 Å². The van der Waals surface area contributed by atoms with Crippen molar-refractivity contribution in [2.24, 2.45) is 5.92 Å². The number of para-hydroxylation sites is 1. The van der Waals surface area contributed by atoms with Crippen molar-refractivity contribution in [1.29, 1.82) is 0 Å². The predicted octanol–water partition coefficient (Wildman–Crippen LogP) is 3.02. The van der Waals surface area contributed by atoms with Gasteiger partial charge in [-0.15, -0.1) is 0 Å². The fourth-order valence-corrected chi connectivity index (χ4v) is 4.83. The Bertz CT molecular complexity index is 1040. The fraction of sp³-hybridized carbons (Fsp3) is 0.444. The Hall–Kier alpha value is -3.26. The van der Waals surface area contributed by atoms with Gasteiger partial charge in [0.1, 0.15) is 5.82 Å². The summed E-state index contributed by atoms with van der Waals surface area (Å²) in [6, 6.07) is 13.4. The summed E-state index contributed by atoms with van der Waals surface area (Å²) >= 11 is 0. The smallest absolute Gasteiger partial charge is 0.253 e. The van der Waals surface area contributed by atoms with Gasteiger partial charge in [-0.2, -0.15) is 0 Å². The quantitative estimate of drug-likeness (QED) is 0.690. The lowest BCUT2D eigenvalue weighted by Gasteiger charge is -2.38. The van der Waals surface area contributed by atoms with E-state index in [-0.39, 0.29) is 29.5 Å². The van der Waals surface area contributed by atoms with Gasteiger partial charge in [0.15, 0.2) is 0 Å². The van der Waals surface area contributed by atoms with Crippen molar-refractivity contribution in [2.75, 3.05) is 51.1 Å². The molecule has 0 atom stereocenters. The van der Waals surface area contributed by atoms with E-state index in [0.29, 0.717) is 64.2 Å². The van der Waals surface area contributed by atoms with Crippen LogP contribution < -0.4 is 5.32 Å². The molecule has 7 nitrogen and oxygen atoms in total. The Labute approximate surface area is 205 Å². The van der Waals surface area contributed by atoms with E-state index in [9.17, 15) is 18.8 Å². The molecule has 2 saturated heterocycles. The third-order valence-electron chi connectivity index (χ3n) is 6.95. The van der Waals surface area contributed by atoms with Gasteiger partial charge in [0.05, 0.1) is 6.54 Å². The largest absolute Gasteiger partial charge is 0.340 e. The third kappa shape index (κ3) is 6.25. The average molecular weight is 481 g/mol. The first-order valence-electron chi connectivity index (χ1n) is 12.4. The number of nitrogens with zero attached hydrogens (tertiary/aromatic N) is 3. The van der Waals surface area contributed by atoms with Gasteiger partial charge in [-0.05, 0) is 55.2 Å². The molecule has 2 aliphatic rings. The number of rotatable bonds is 6. The first kappa shape index (κ1) is 24.9. The molecule has 2 aliphatic heterocycles. The van der Waals surface area contributed by atoms with Crippen molar-refractivity contribution in [1.82, 2.24) is 14.7 Å². The number of hydrogen-bond donors (Lipinski definition) is 1. The highest BCUT2D eigenvalue weighted by Crippen LogP contribution is 2.22. The minimum absolute atomic E-state index is 0.0381. The molecule has 1 N–H and O–H groups in total. The number of carbonyl (C=O) groups is 3. The van der Waals surface area contributed by atoms with Crippen molar-refractivity contribution in [3.8, 4) is 0 Å². The Kier molecular flexibility index (Phi) is 8.13. The Morgan fingerprint density at radius 2 is 1.54 bits per heavy atom. The number of amides is 3. The van der Waals surface area contributed by atoms with Gasteiger partial charge in [-0.1, -0.05) is 25.1 Å². The molecule has 4 rings (SSSR count). The van der Waals surface area contributed by atoms with Gasteiger partial charge in [0.2, 0.25) is 11.8 Å². The summed E-state index contributed by atoms with van der Waals surface area (Å²) in [5.41, 5.74) is 2.44. The van der Waals surface area contributed by atoms with Crippen LogP contribution in [0, 0.1) is 11.7 Å². The molecule has 0 radical (unpaired) electrons. The Morgan fingerprint density at radius 1 is 0.886 bits per heavy atom. The van der Waals surface area contributed by atoms with E-state index in [2.05, 4.69) is 17.1 Å². The number of benzene rings is 2. The summed E-state index contributed by atoms with van der Waals surface area (Å²) < 4.78 is 13.1. The number of carbonyl (C=O) groups excluding carboxylic acids is 3. The number of halogens is 1. The molecule has 2 aromatic carbocycles. The molecule has 186 valence electrons. The monoisotopic (exact) mass is 480 g/mol. The third-order valence-corrected chi connectivity index (χ3v) is 6.95. The predicted molar refractivity (Wildman–Crippen MR) is 132 cm³/mol. The lowest BCUT2D eigenvalue weighted by Crippen LogP contribution is -2.53. The van der Waals surface area contributed by atoms with Crippen molar-refractivity contribution >= 4 is 23.4 Å². The summed E-state index contributed by atoms with van der Waals surface area (Å²) in [5, 5.41) is 3.01. The van der Waals surface area contributed by atoms with Crippen LogP contribution in [0.25, 0.3) is 0 Å². The maximum absolute atomic E-state index is 13.1.